The van der Waals surface area contributed by atoms with Crippen LogP contribution in [-0.2, 0) is 11.2 Å². The van der Waals surface area contributed by atoms with E-state index in [0.717, 1.165) is 5.56 Å². The Morgan fingerprint density at radius 2 is 2.50 bits per heavy atom. The van der Waals surface area contributed by atoms with Crippen molar-refractivity contribution in [3.8, 4) is 0 Å². The number of nitrogens with one attached hydrogen (secondary N) is 1. The van der Waals surface area contributed by atoms with Gasteiger partial charge in [-0.05, 0) is 34.6 Å². The van der Waals surface area contributed by atoms with Gasteiger partial charge in [-0.25, -0.2) is 0 Å². The lowest BCUT2D eigenvalue weighted by Gasteiger charge is -2.17. The van der Waals surface area contributed by atoms with Crippen molar-refractivity contribution in [2.75, 3.05) is 7.05 Å². The number of thiophene rings is 1. The molecule has 1 amide bonds. The molecule has 0 bridgehead atoms. The van der Waals surface area contributed by atoms with E-state index in [0.29, 0.717) is 6.42 Å². The van der Waals surface area contributed by atoms with Crippen LogP contribution in [0.15, 0.2) is 16.8 Å². The minimum Gasteiger partial charge on any atom is -0.375 e. The summed E-state index contributed by atoms with van der Waals surface area (Å²) in [5, 5.41) is 5.33. The summed E-state index contributed by atoms with van der Waals surface area (Å²) in [6.07, 6.45) is 0.344. The Kier molecular flexibility index (Phi) is 3.84. The zero-order chi connectivity index (χ0) is 10.6. The molecule has 4 nitrogen and oxygen atoms in total. The first-order valence-electron chi connectivity index (χ1n) is 3.93. The first kappa shape index (κ1) is 10.9. The molecule has 0 aromatic carbocycles. The van der Waals surface area contributed by atoms with Crippen LogP contribution in [0, 0.1) is 0 Å². The maximum atomic E-state index is 11.4. The molecule has 0 radical (unpaired) electrons. The van der Waals surface area contributed by atoms with E-state index in [1.807, 2.05) is 16.8 Å². The molecule has 1 rings (SSSR count). The molecule has 0 saturated heterocycles. The normalized spacial score (nSPS) is 9.50. The van der Waals surface area contributed by atoms with Crippen LogP contribution >= 0.6 is 23.6 Å². The van der Waals surface area contributed by atoms with Crippen molar-refractivity contribution < 1.29 is 4.79 Å². The van der Waals surface area contributed by atoms with E-state index in [9.17, 15) is 4.79 Å². The Hall–Kier alpha value is -1.14. The first-order chi connectivity index (χ1) is 6.59. The maximum Gasteiger partial charge on any atom is 0.242 e. The zero-order valence-electron chi connectivity index (χ0n) is 7.69. The van der Waals surface area contributed by atoms with Gasteiger partial charge in [-0.15, -0.1) is 0 Å². The third kappa shape index (κ3) is 3.31. The molecule has 0 unspecified atom stereocenters. The van der Waals surface area contributed by atoms with Crippen LogP contribution in [0.5, 0.6) is 0 Å². The third-order valence-corrected chi connectivity index (χ3v) is 2.57. The van der Waals surface area contributed by atoms with Gasteiger partial charge in [0.25, 0.3) is 0 Å². The SMILES string of the molecule is CN(NC(=O)Cc1ccsc1)C(N)=S. The van der Waals surface area contributed by atoms with Crippen LogP contribution in [-0.4, -0.2) is 23.1 Å². The van der Waals surface area contributed by atoms with E-state index < -0.39 is 0 Å². The van der Waals surface area contributed by atoms with Gasteiger partial charge in [-0.2, -0.15) is 11.3 Å². The second kappa shape index (κ2) is 4.92. The van der Waals surface area contributed by atoms with E-state index in [1.54, 1.807) is 18.4 Å². The van der Waals surface area contributed by atoms with Crippen LogP contribution < -0.4 is 11.2 Å². The van der Waals surface area contributed by atoms with E-state index in [4.69, 9.17) is 5.73 Å². The molecule has 0 aliphatic rings. The fraction of sp³-hybridized carbons (Fsp3) is 0.250. The van der Waals surface area contributed by atoms with Crippen LogP contribution in [0.3, 0.4) is 0 Å². The summed E-state index contributed by atoms with van der Waals surface area (Å²) in [6.45, 7) is 0. The summed E-state index contributed by atoms with van der Waals surface area (Å²) in [6, 6.07) is 1.91. The Morgan fingerprint density at radius 3 is 3.00 bits per heavy atom. The average Bonchev–Trinajstić information content (AvgIpc) is 2.56. The number of hydrazine groups is 1. The molecule has 76 valence electrons. The summed E-state index contributed by atoms with van der Waals surface area (Å²) in [5.41, 5.74) is 8.84. The Labute approximate surface area is 91.7 Å². The fourth-order valence-corrected chi connectivity index (χ4v) is 1.57. The predicted molar refractivity (Wildman–Crippen MR) is 60.7 cm³/mol. The standard InChI is InChI=1S/C8H11N3OS2/c1-11(8(9)13)10-7(12)4-6-2-3-14-5-6/h2-3,5H,4H2,1H3,(H2,9,13)(H,10,12). The van der Waals surface area contributed by atoms with Crippen molar-refractivity contribution in [2.24, 2.45) is 5.73 Å². The van der Waals surface area contributed by atoms with Gasteiger partial charge >= 0.3 is 0 Å². The summed E-state index contributed by atoms with van der Waals surface area (Å²) in [7, 11) is 1.61. The maximum absolute atomic E-state index is 11.4. The van der Waals surface area contributed by atoms with Gasteiger partial charge in [-0.3, -0.25) is 15.2 Å². The van der Waals surface area contributed by atoms with Gasteiger partial charge in [-0.1, -0.05) is 0 Å². The van der Waals surface area contributed by atoms with Crippen LogP contribution in [0.4, 0.5) is 0 Å². The largest absolute Gasteiger partial charge is 0.375 e. The highest BCUT2D eigenvalue weighted by Crippen LogP contribution is 2.06. The lowest BCUT2D eigenvalue weighted by atomic mass is 10.2. The lowest BCUT2D eigenvalue weighted by molar-refractivity contribution is -0.123. The van der Waals surface area contributed by atoms with Gasteiger partial charge in [0.05, 0.1) is 6.42 Å². The van der Waals surface area contributed by atoms with Crippen molar-refractivity contribution in [3.63, 3.8) is 0 Å². The number of amides is 1. The molecule has 0 spiro atoms. The molecule has 0 aliphatic carbocycles. The highest BCUT2D eigenvalue weighted by molar-refractivity contribution is 7.80. The average molecular weight is 229 g/mol. The summed E-state index contributed by atoms with van der Waals surface area (Å²) in [5.74, 6) is -0.126. The summed E-state index contributed by atoms with van der Waals surface area (Å²) in [4.78, 5) is 11.4. The number of nitrogens with two attached hydrogens (primary N) is 1. The van der Waals surface area contributed by atoms with Crippen molar-refractivity contribution in [1.29, 1.82) is 0 Å². The van der Waals surface area contributed by atoms with Crippen molar-refractivity contribution in [3.05, 3.63) is 22.4 Å². The van der Waals surface area contributed by atoms with Gasteiger partial charge in [0, 0.05) is 7.05 Å². The van der Waals surface area contributed by atoms with Gasteiger partial charge in [0.2, 0.25) is 5.91 Å². The minimum atomic E-state index is -0.126. The molecule has 14 heavy (non-hydrogen) atoms. The number of rotatable bonds is 2. The predicted octanol–water partition coefficient (Wildman–Crippen LogP) is 0.497. The zero-order valence-corrected chi connectivity index (χ0v) is 9.32. The minimum absolute atomic E-state index is 0.126. The molecule has 0 saturated carbocycles. The molecule has 1 aromatic rings. The number of thiocarbonyl (C=S) groups is 1. The Morgan fingerprint density at radius 1 is 1.79 bits per heavy atom. The molecular weight excluding hydrogens is 218 g/mol. The molecule has 0 atom stereocenters. The Balaban J connectivity index is 2.40. The second-order valence-electron chi connectivity index (χ2n) is 2.74. The molecule has 0 aliphatic heterocycles. The van der Waals surface area contributed by atoms with E-state index in [2.05, 4.69) is 17.6 Å². The van der Waals surface area contributed by atoms with Crippen molar-refractivity contribution >= 4 is 34.6 Å². The van der Waals surface area contributed by atoms with Crippen molar-refractivity contribution in [1.82, 2.24) is 10.4 Å². The molecule has 1 heterocycles. The van der Waals surface area contributed by atoms with Gasteiger partial charge in [0.1, 0.15) is 0 Å². The molecule has 6 heteroatoms. The highest BCUT2D eigenvalue weighted by Gasteiger charge is 2.06. The van der Waals surface area contributed by atoms with Gasteiger partial charge < -0.3 is 5.73 Å². The Bertz CT molecular complexity index is 323. The summed E-state index contributed by atoms with van der Waals surface area (Å²) >= 11 is 6.24. The van der Waals surface area contributed by atoms with E-state index in [1.165, 1.54) is 5.01 Å². The summed E-state index contributed by atoms with van der Waals surface area (Å²) < 4.78 is 0. The quantitative estimate of drug-likeness (QED) is 0.572. The number of hydrogen-bond acceptors (Lipinski definition) is 3. The number of carbonyl (C=O) groups excluding carboxylic acids is 1. The number of carbonyl (C=O) groups is 1. The van der Waals surface area contributed by atoms with E-state index in [-0.39, 0.29) is 11.0 Å². The van der Waals surface area contributed by atoms with Crippen LogP contribution in [0.1, 0.15) is 5.56 Å². The number of nitrogens with zero attached hydrogens (tertiary/aromatic N) is 1. The van der Waals surface area contributed by atoms with Gasteiger partial charge in [0.15, 0.2) is 5.11 Å². The molecule has 0 fully saturated rings. The monoisotopic (exact) mass is 229 g/mol. The first-order valence-corrected chi connectivity index (χ1v) is 5.28. The molecule has 1 aromatic heterocycles. The third-order valence-electron chi connectivity index (χ3n) is 1.57. The highest BCUT2D eigenvalue weighted by atomic mass is 32.1. The van der Waals surface area contributed by atoms with Crippen molar-refractivity contribution in [2.45, 2.75) is 6.42 Å². The van der Waals surface area contributed by atoms with Crippen LogP contribution in [0.2, 0.25) is 0 Å². The molecule has 3 N–H and O–H groups in total. The smallest absolute Gasteiger partial charge is 0.242 e. The number of hydrogen-bond donors (Lipinski definition) is 2. The lowest BCUT2D eigenvalue weighted by Crippen LogP contribution is -2.46. The van der Waals surface area contributed by atoms with E-state index >= 15 is 0 Å². The molecular formula is C8H11N3OS2. The fourth-order valence-electron chi connectivity index (χ4n) is 0.860. The topological polar surface area (TPSA) is 58.4 Å². The second-order valence-corrected chi connectivity index (χ2v) is 3.94. The van der Waals surface area contributed by atoms with Crippen LogP contribution in [0.25, 0.3) is 0 Å².